The standard InChI is InChI=1S/C14H20ClF3/c1-6-13(5,14(16,17)18)10-9-12(3,4)8-7-11(2)15/h6-11H,1H2,2-5H3/b8-7-,10-9-. The van der Waals surface area contributed by atoms with E-state index < -0.39 is 17.0 Å². The van der Waals surface area contributed by atoms with E-state index >= 15 is 0 Å². The Bertz CT molecular complexity index is 337. The van der Waals surface area contributed by atoms with Crippen LogP contribution in [0.3, 0.4) is 0 Å². The van der Waals surface area contributed by atoms with Crippen molar-refractivity contribution in [1.29, 1.82) is 0 Å². The lowest BCUT2D eigenvalue weighted by molar-refractivity contribution is -0.183. The van der Waals surface area contributed by atoms with Crippen molar-refractivity contribution in [3.05, 3.63) is 37.0 Å². The fourth-order valence-corrected chi connectivity index (χ4v) is 1.18. The molecular weight excluding hydrogens is 261 g/mol. The zero-order chi connectivity index (χ0) is 14.6. The molecule has 0 radical (unpaired) electrons. The minimum absolute atomic E-state index is 0.147. The Balaban J connectivity index is 5.07. The van der Waals surface area contributed by atoms with Gasteiger partial charge in [0, 0.05) is 10.8 Å². The minimum atomic E-state index is -4.34. The second-order valence-corrected chi connectivity index (χ2v) is 5.86. The van der Waals surface area contributed by atoms with Crippen LogP contribution in [0.1, 0.15) is 27.7 Å². The zero-order valence-corrected chi connectivity index (χ0v) is 11.9. The van der Waals surface area contributed by atoms with Crippen molar-refractivity contribution in [1.82, 2.24) is 0 Å². The van der Waals surface area contributed by atoms with Crippen LogP contribution in [0.4, 0.5) is 13.2 Å². The number of alkyl halides is 4. The molecule has 2 unspecified atom stereocenters. The summed E-state index contributed by atoms with van der Waals surface area (Å²) in [7, 11) is 0. The molecule has 0 fully saturated rings. The summed E-state index contributed by atoms with van der Waals surface area (Å²) in [4.78, 5) is 0. The van der Waals surface area contributed by atoms with E-state index in [4.69, 9.17) is 11.6 Å². The van der Waals surface area contributed by atoms with Gasteiger partial charge < -0.3 is 0 Å². The molecule has 104 valence electrons. The van der Waals surface area contributed by atoms with Crippen LogP contribution in [0, 0.1) is 10.8 Å². The third kappa shape index (κ3) is 5.30. The van der Waals surface area contributed by atoms with Gasteiger partial charge >= 0.3 is 6.18 Å². The number of rotatable bonds is 5. The van der Waals surface area contributed by atoms with E-state index in [2.05, 4.69) is 6.58 Å². The van der Waals surface area contributed by atoms with Crippen LogP contribution in [0.5, 0.6) is 0 Å². The summed E-state index contributed by atoms with van der Waals surface area (Å²) in [6.07, 6.45) is 2.78. The van der Waals surface area contributed by atoms with Gasteiger partial charge in [0.1, 0.15) is 0 Å². The van der Waals surface area contributed by atoms with Crippen LogP contribution in [0.15, 0.2) is 37.0 Å². The number of allylic oxidation sites excluding steroid dienone is 5. The Labute approximate surface area is 112 Å². The highest BCUT2D eigenvalue weighted by molar-refractivity contribution is 6.21. The Morgan fingerprint density at radius 1 is 1.06 bits per heavy atom. The Morgan fingerprint density at radius 2 is 1.56 bits per heavy atom. The highest BCUT2D eigenvalue weighted by Gasteiger charge is 2.47. The number of hydrogen-bond acceptors (Lipinski definition) is 0. The van der Waals surface area contributed by atoms with Crippen LogP contribution >= 0.6 is 11.6 Å². The summed E-state index contributed by atoms with van der Waals surface area (Å²) in [5.41, 5.74) is -2.50. The molecule has 0 rings (SSSR count). The van der Waals surface area contributed by atoms with Crippen LogP contribution in [0.2, 0.25) is 0 Å². The van der Waals surface area contributed by atoms with E-state index in [9.17, 15) is 13.2 Å². The summed E-state index contributed by atoms with van der Waals surface area (Å²) in [6.45, 7) is 9.79. The average molecular weight is 281 g/mol. The lowest BCUT2D eigenvalue weighted by atomic mass is 9.84. The lowest BCUT2D eigenvalue weighted by Gasteiger charge is -2.26. The van der Waals surface area contributed by atoms with Crippen molar-refractivity contribution in [2.24, 2.45) is 10.8 Å². The summed E-state index contributed by atoms with van der Waals surface area (Å²) >= 11 is 5.77. The Hall–Kier alpha value is -0.700. The molecule has 0 spiro atoms. The first-order valence-electron chi connectivity index (χ1n) is 5.68. The first-order valence-corrected chi connectivity index (χ1v) is 6.11. The monoisotopic (exact) mass is 280 g/mol. The van der Waals surface area contributed by atoms with Crippen molar-refractivity contribution < 1.29 is 13.2 Å². The van der Waals surface area contributed by atoms with Gasteiger partial charge in [0.2, 0.25) is 0 Å². The van der Waals surface area contributed by atoms with Crippen LogP contribution < -0.4 is 0 Å². The molecule has 0 N–H and O–H groups in total. The molecule has 0 aromatic heterocycles. The van der Waals surface area contributed by atoms with Gasteiger partial charge in [0.15, 0.2) is 0 Å². The fourth-order valence-electron chi connectivity index (χ4n) is 1.10. The van der Waals surface area contributed by atoms with Crippen molar-refractivity contribution in [2.75, 3.05) is 0 Å². The number of hydrogen-bond donors (Lipinski definition) is 0. The molecule has 0 aliphatic carbocycles. The van der Waals surface area contributed by atoms with E-state index in [1.807, 2.05) is 13.8 Å². The Kier molecular flexibility index (Phi) is 5.73. The van der Waals surface area contributed by atoms with Gasteiger partial charge in [-0.3, -0.25) is 0 Å². The van der Waals surface area contributed by atoms with Gasteiger partial charge in [-0.1, -0.05) is 44.2 Å². The molecule has 0 saturated carbocycles. The highest BCUT2D eigenvalue weighted by Crippen LogP contribution is 2.41. The SMILES string of the molecule is C=CC(C)(/C=C\C(C)(C)/C=C\C(C)Cl)C(F)(F)F. The van der Waals surface area contributed by atoms with Gasteiger partial charge in [-0.05, 0) is 13.8 Å². The smallest absolute Gasteiger partial charge is 0.170 e. The molecule has 4 heteroatoms. The topological polar surface area (TPSA) is 0 Å². The first-order chi connectivity index (χ1) is 7.93. The quantitative estimate of drug-likeness (QED) is 0.460. The third-order valence-electron chi connectivity index (χ3n) is 2.68. The van der Waals surface area contributed by atoms with E-state index in [0.717, 1.165) is 19.1 Å². The second-order valence-electron chi connectivity index (χ2n) is 5.18. The van der Waals surface area contributed by atoms with E-state index in [1.165, 1.54) is 6.08 Å². The Morgan fingerprint density at radius 3 is 1.89 bits per heavy atom. The largest absolute Gasteiger partial charge is 0.400 e. The second kappa shape index (κ2) is 5.96. The molecule has 0 aliphatic heterocycles. The zero-order valence-electron chi connectivity index (χ0n) is 11.2. The predicted octanol–water partition coefficient (Wildman–Crippen LogP) is 5.51. The molecule has 0 nitrogen and oxygen atoms in total. The van der Waals surface area contributed by atoms with E-state index in [1.54, 1.807) is 19.1 Å². The van der Waals surface area contributed by atoms with Crippen molar-refractivity contribution >= 4 is 11.6 Å². The molecule has 18 heavy (non-hydrogen) atoms. The van der Waals surface area contributed by atoms with Crippen LogP contribution in [-0.4, -0.2) is 11.6 Å². The molecule has 0 aliphatic rings. The fraction of sp³-hybridized carbons (Fsp3) is 0.571. The molecule has 0 aromatic carbocycles. The maximum absolute atomic E-state index is 12.8. The average Bonchev–Trinajstić information content (AvgIpc) is 2.22. The third-order valence-corrected chi connectivity index (χ3v) is 2.83. The number of halogens is 4. The molecule has 0 heterocycles. The van der Waals surface area contributed by atoms with Crippen LogP contribution in [0.25, 0.3) is 0 Å². The van der Waals surface area contributed by atoms with Crippen molar-refractivity contribution in [3.63, 3.8) is 0 Å². The highest BCUT2D eigenvalue weighted by atomic mass is 35.5. The minimum Gasteiger partial charge on any atom is -0.170 e. The molecule has 0 aromatic rings. The van der Waals surface area contributed by atoms with Gasteiger partial charge in [-0.2, -0.15) is 13.2 Å². The molecule has 0 amide bonds. The van der Waals surface area contributed by atoms with Crippen LogP contribution in [-0.2, 0) is 0 Å². The van der Waals surface area contributed by atoms with E-state index in [-0.39, 0.29) is 5.38 Å². The first kappa shape index (κ1) is 17.3. The molecule has 0 bridgehead atoms. The maximum atomic E-state index is 12.8. The summed E-state index contributed by atoms with van der Waals surface area (Å²) < 4.78 is 38.5. The van der Waals surface area contributed by atoms with Gasteiger partial charge in [-0.25, -0.2) is 0 Å². The lowest BCUT2D eigenvalue weighted by Crippen LogP contribution is -2.31. The summed E-state index contributed by atoms with van der Waals surface area (Å²) in [6, 6.07) is 0. The summed E-state index contributed by atoms with van der Waals surface area (Å²) in [5.74, 6) is 0. The molecular formula is C14H20ClF3. The summed E-state index contributed by atoms with van der Waals surface area (Å²) in [5, 5.41) is -0.147. The predicted molar refractivity (Wildman–Crippen MR) is 71.7 cm³/mol. The van der Waals surface area contributed by atoms with Crippen molar-refractivity contribution in [2.45, 2.75) is 39.2 Å². The van der Waals surface area contributed by atoms with Gasteiger partial charge in [-0.15, -0.1) is 18.2 Å². The normalized spacial score (nSPS) is 19.1. The van der Waals surface area contributed by atoms with Crippen molar-refractivity contribution in [3.8, 4) is 0 Å². The molecule has 2 atom stereocenters. The molecule has 0 saturated heterocycles. The van der Waals surface area contributed by atoms with Gasteiger partial charge in [0.05, 0.1) is 5.41 Å². The maximum Gasteiger partial charge on any atom is 0.400 e. The van der Waals surface area contributed by atoms with E-state index in [0.29, 0.717) is 0 Å². The van der Waals surface area contributed by atoms with Gasteiger partial charge in [0.25, 0.3) is 0 Å².